The van der Waals surface area contributed by atoms with Gasteiger partial charge >= 0.3 is 0 Å². The summed E-state index contributed by atoms with van der Waals surface area (Å²) in [6, 6.07) is 12.9. The van der Waals surface area contributed by atoms with Gasteiger partial charge in [0.25, 0.3) is 5.91 Å². The highest BCUT2D eigenvalue weighted by atomic mass is 16.5. The number of benzene rings is 1. The minimum absolute atomic E-state index is 0.170. The van der Waals surface area contributed by atoms with E-state index in [4.69, 9.17) is 4.74 Å². The molecule has 1 N–H and O–H groups in total. The van der Waals surface area contributed by atoms with E-state index in [9.17, 15) is 4.79 Å². The van der Waals surface area contributed by atoms with Gasteiger partial charge in [0, 0.05) is 42.6 Å². The summed E-state index contributed by atoms with van der Waals surface area (Å²) >= 11 is 0. The number of nitrogens with one attached hydrogen (secondary N) is 1. The second kappa shape index (κ2) is 7.72. The van der Waals surface area contributed by atoms with E-state index in [1.807, 2.05) is 24.3 Å². The molecular weight excluding hydrogens is 340 g/mol. The van der Waals surface area contributed by atoms with Crippen LogP contribution in [-0.2, 0) is 0 Å². The standard InChI is InChI=1S/C21H22N4O2/c1-25-12-8-16(9-13-25)27-20-14-15(6-10-23-20)24-21(26)18-7-11-22-19-5-3-2-4-17(18)19/h2-7,10-11,14,16H,8-9,12-13H2,1H3,(H,23,24,26). The summed E-state index contributed by atoms with van der Waals surface area (Å²) in [5.74, 6) is 0.368. The van der Waals surface area contributed by atoms with Crippen LogP contribution in [0.25, 0.3) is 10.9 Å². The molecule has 1 saturated heterocycles. The van der Waals surface area contributed by atoms with Crippen molar-refractivity contribution in [2.45, 2.75) is 18.9 Å². The molecule has 3 aromatic rings. The van der Waals surface area contributed by atoms with E-state index in [0.717, 1.165) is 36.8 Å². The molecule has 138 valence electrons. The molecule has 0 unspecified atom stereocenters. The van der Waals surface area contributed by atoms with Gasteiger partial charge in [0.05, 0.1) is 11.1 Å². The predicted molar refractivity (Wildman–Crippen MR) is 105 cm³/mol. The first-order valence-corrected chi connectivity index (χ1v) is 9.15. The zero-order valence-corrected chi connectivity index (χ0v) is 15.3. The van der Waals surface area contributed by atoms with E-state index in [-0.39, 0.29) is 12.0 Å². The summed E-state index contributed by atoms with van der Waals surface area (Å²) in [6.07, 6.45) is 5.45. The molecule has 4 rings (SSSR count). The molecule has 1 fully saturated rings. The van der Waals surface area contributed by atoms with Gasteiger partial charge in [-0.05, 0) is 38.1 Å². The van der Waals surface area contributed by atoms with E-state index in [1.54, 1.807) is 30.6 Å². The van der Waals surface area contributed by atoms with Crippen LogP contribution in [0.4, 0.5) is 5.69 Å². The van der Waals surface area contributed by atoms with Gasteiger partial charge in [-0.15, -0.1) is 0 Å². The van der Waals surface area contributed by atoms with Gasteiger partial charge in [-0.1, -0.05) is 18.2 Å². The van der Waals surface area contributed by atoms with Crippen LogP contribution in [0.5, 0.6) is 5.88 Å². The number of para-hydroxylation sites is 1. The Kier molecular flexibility index (Phi) is 4.98. The SMILES string of the molecule is CN1CCC(Oc2cc(NC(=O)c3ccnc4ccccc34)ccn2)CC1. The van der Waals surface area contributed by atoms with Gasteiger partial charge < -0.3 is 15.0 Å². The maximum Gasteiger partial charge on any atom is 0.256 e. The van der Waals surface area contributed by atoms with Crippen LogP contribution in [0, 0.1) is 0 Å². The largest absolute Gasteiger partial charge is 0.474 e. The van der Waals surface area contributed by atoms with Crippen molar-refractivity contribution in [3.05, 3.63) is 60.4 Å². The molecule has 1 aliphatic rings. The highest BCUT2D eigenvalue weighted by Crippen LogP contribution is 2.21. The molecule has 1 amide bonds. The van der Waals surface area contributed by atoms with Crippen molar-refractivity contribution in [3.8, 4) is 5.88 Å². The second-order valence-corrected chi connectivity index (χ2v) is 6.83. The lowest BCUT2D eigenvalue weighted by atomic mass is 10.1. The smallest absolute Gasteiger partial charge is 0.256 e. The van der Waals surface area contributed by atoms with Gasteiger partial charge in [-0.2, -0.15) is 0 Å². The number of piperidine rings is 1. The van der Waals surface area contributed by atoms with Gasteiger partial charge in [-0.3, -0.25) is 9.78 Å². The number of nitrogens with zero attached hydrogens (tertiary/aromatic N) is 3. The molecule has 0 aliphatic carbocycles. The zero-order valence-electron chi connectivity index (χ0n) is 15.3. The first-order chi connectivity index (χ1) is 13.2. The van der Waals surface area contributed by atoms with Gasteiger partial charge in [0.15, 0.2) is 0 Å². The first-order valence-electron chi connectivity index (χ1n) is 9.15. The molecule has 1 aliphatic heterocycles. The van der Waals surface area contributed by atoms with Crippen molar-refractivity contribution in [2.75, 3.05) is 25.5 Å². The normalized spacial score (nSPS) is 15.6. The molecular formula is C21H22N4O2. The molecule has 1 aromatic carbocycles. The molecule has 6 nitrogen and oxygen atoms in total. The van der Waals surface area contributed by atoms with Crippen molar-refractivity contribution in [3.63, 3.8) is 0 Å². The summed E-state index contributed by atoms with van der Waals surface area (Å²) in [4.78, 5) is 23.6. The second-order valence-electron chi connectivity index (χ2n) is 6.83. The van der Waals surface area contributed by atoms with E-state index in [1.165, 1.54) is 0 Å². The number of fused-ring (bicyclic) bond motifs is 1. The number of aromatic nitrogens is 2. The number of pyridine rings is 2. The van der Waals surface area contributed by atoms with Crippen molar-refractivity contribution in [2.24, 2.45) is 0 Å². The molecule has 0 atom stereocenters. The van der Waals surface area contributed by atoms with Crippen molar-refractivity contribution >= 4 is 22.5 Å². The molecule has 0 radical (unpaired) electrons. The van der Waals surface area contributed by atoms with Crippen molar-refractivity contribution in [1.82, 2.24) is 14.9 Å². The third-order valence-electron chi connectivity index (χ3n) is 4.84. The number of likely N-dealkylation sites (tertiary alicyclic amines) is 1. The molecule has 0 bridgehead atoms. The fraction of sp³-hybridized carbons (Fsp3) is 0.286. The minimum Gasteiger partial charge on any atom is -0.474 e. The number of hydrogen-bond donors (Lipinski definition) is 1. The molecule has 27 heavy (non-hydrogen) atoms. The van der Waals surface area contributed by atoms with E-state index >= 15 is 0 Å². The summed E-state index contributed by atoms with van der Waals surface area (Å²) in [7, 11) is 2.12. The summed E-state index contributed by atoms with van der Waals surface area (Å²) < 4.78 is 6.00. The quantitative estimate of drug-likeness (QED) is 0.771. The number of carbonyl (C=O) groups excluding carboxylic acids is 1. The summed E-state index contributed by atoms with van der Waals surface area (Å²) in [5, 5.41) is 3.77. The maximum absolute atomic E-state index is 12.8. The number of amides is 1. The molecule has 0 saturated carbocycles. The number of carbonyl (C=O) groups is 1. The van der Waals surface area contributed by atoms with Gasteiger partial charge in [0.1, 0.15) is 6.10 Å². The average Bonchev–Trinajstić information content (AvgIpc) is 2.69. The van der Waals surface area contributed by atoms with Crippen LogP contribution in [0.3, 0.4) is 0 Å². The maximum atomic E-state index is 12.8. The molecule has 0 spiro atoms. The third kappa shape index (κ3) is 4.06. The Morgan fingerprint density at radius 1 is 1.11 bits per heavy atom. The Morgan fingerprint density at radius 2 is 1.89 bits per heavy atom. The Hall–Kier alpha value is -2.99. The van der Waals surface area contributed by atoms with Crippen LogP contribution in [-0.4, -0.2) is 47.0 Å². The van der Waals surface area contributed by atoms with Crippen molar-refractivity contribution < 1.29 is 9.53 Å². The lowest BCUT2D eigenvalue weighted by Crippen LogP contribution is -2.35. The Labute approximate surface area is 158 Å². The predicted octanol–water partition coefficient (Wildman–Crippen LogP) is 3.36. The fourth-order valence-corrected chi connectivity index (χ4v) is 3.32. The highest BCUT2D eigenvalue weighted by molar-refractivity contribution is 6.12. The molecule has 2 aromatic heterocycles. The summed E-state index contributed by atoms with van der Waals surface area (Å²) in [5.41, 5.74) is 2.06. The Balaban J connectivity index is 1.48. The number of rotatable bonds is 4. The Morgan fingerprint density at radius 3 is 2.74 bits per heavy atom. The fourth-order valence-electron chi connectivity index (χ4n) is 3.32. The van der Waals surface area contributed by atoms with Crippen molar-refractivity contribution in [1.29, 1.82) is 0 Å². The van der Waals surface area contributed by atoms with Crippen LogP contribution in [0.15, 0.2) is 54.9 Å². The van der Waals surface area contributed by atoms with Crippen LogP contribution in [0.2, 0.25) is 0 Å². The summed E-state index contributed by atoms with van der Waals surface area (Å²) in [6.45, 7) is 2.05. The number of hydrogen-bond acceptors (Lipinski definition) is 5. The first kappa shape index (κ1) is 17.4. The lowest BCUT2D eigenvalue weighted by Gasteiger charge is -2.28. The third-order valence-corrected chi connectivity index (χ3v) is 4.84. The minimum atomic E-state index is -0.176. The van der Waals surface area contributed by atoms with Gasteiger partial charge in [-0.25, -0.2) is 4.98 Å². The highest BCUT2D eigenvalue weighted by Gasteiger charge is 2.19. The number of ether oxygens (including phenoxy) is 1. The molecule has 3 heterocycles. The number of anilines is 1. The van der Waals surface area contributed by atoms with E-state index in [2.05, 4.69) is 27.2 Å². The molecule has 6 heteroatoms. The Bertz CT molecular complexity index is 946. The van der Waals surface area contributed by atoms with Crippen LogP contribution in [0.1, 0.15) is 23.2 Å². The van der Waals surface area contributed by atoms with Crippen LogP contribution >= 0.6 is 0 Å². The average molecular weight is 362 g/mol. The zero-order chi connectivity index (χ0) is 18.6. The van der Waals surface area contributed by atoms with Gasteiger partial charge in [0.2, 0.25) is 5.88 Å². The topological polar surface area (TPSA) is 67.3 Å². The lowest BCUT2D eigenvalue weighted by molar-refractivity contribution is 0.102. The van der Waals surface area contributed by atoms with E-state index in [0.29, 0.717) is 17.1 Å². The van der Waals surface area contributed by atoms with Crippen LogP contribution < -0.4 is 10.1 Å². The van der Waals surface area contributed by atoms with E-state index < -0.39 is 0 Å². The monoisotopic (exact) mass is 362 g/mol.